The van der Waals surface area contributed by atoms with E-state index >= 15 is 0 Å². The van der Waals surface area contributed by atoms with Crippen LogP contribution in [0.2, 0.25) is 10.0 Å². The first-order valence-corrected chi connectivity index (χ1v) is 9.44. The molecule has 3 heterocycles. The third-order valence-corrected chi connectivity index (χ3v) is 4.66. The molecule has 0 bridgehead atoms. The van der Waals surface area contributed by atoms with Crippen molar-refractivity contribution in [1.29, 1.82) is 0 Å². The molecule has 0 fully saturated rings. The number of aromatic hydroxyl groups is 1. The largest absolute Gasteiger partial charge is 0.493 e. The number of carbonyl (C=O) groups is 1. The van der Waals surface area contributed by atoms with Gasteiger partial charge in [0.2, 0.25) is 5.88 Å². The summed E-state index contributed by atoms with van der Waals surface area (Å²) in [6, 6.07) is 11.4. The summed E-state index contributed by atoms with van der Waals surface area (Å²) in [5.41, 5.74) is 3.08. The molecule has 0 aliphatic rings. The van der Waals surface area contributed by atoms with E-state index in [-0.39, 0.29) is 18.2 Å². The van der Waals surface area contributed by atoms with Crippen molar-refractivity contribution in [2.75, 3.05) is 5.43 Å². The van der Waals surface area contributed by atoms with Gasteiger partial charge in [-0.1, -0.05) is 29.3 Å². The van der Waals surface area contributed by atoms with Crippen LogP contribution in [0.5, 0.6) is 5.88 Å². The van der Waals surface area contributed by atoms with Gasteiger partial charge in [-0.15, -0.1) is 0 Å². The SMILES string of the molecule is O=C(Nn1cc(O)n(Cc2cccnc2)c1=O)c1ccc(-c2cc(Cl)cc(Cl)c2)o1. The van der Waals surface area contributed by atoms with E-state index in [0.29, 0.717) is 21.4 Å². The number of nitrogens with one attached hydrogen (secondary N) is 1. The van der Waals surface area contributed by atoms with E-state index in [0.717, 1.165) is 21.0 Å². The summed E-state index contributed by atoms with van der Waals surface area (Å²) in [5.74, 6) is -0.630. The number of nitrogens with zero attached hydrogens (tertiary/aromatic N) is 3. The standard InChI is InChI=1S/C20H14Cl2N4O4/c21-14-6-13(7-15(22)8-14)16-3-4-17(30-16)19(28)24-26-11-18(27)25(20(26)29)10-12-2-1-5-23-9-12/h1-9,11,27H,10H2,(H,24,28). The zero-order valence-electron chi connectivity index (χ0n) is 15.3. The Balaban J connectivity index is 1.54. The van der Waals surface area contributed by atoms with E-state index in [1.54, 1.807) is 48.8 Å². The van der Waals surface area contributed by atoms with Crippen LogP contribution in [0.4, 0.5) is 0 Å². The van der Waals surface area contributed by atoms with Gasteiger partial charge in [0.15, 0.2) is 5.76 Å². The van der Waals surface area contributed by atoms with Gasteiger partial charge >= 0.3 is 11.6 Å². The molecule has 0 unspecified atom stereocenters. The van der Waals surface area contributed by atoms with Crippen LogP contribution in [-0.2, 0) is 6.54 Å². The minimum Gasteiger partial charge on any atom is -0.493 e. The van der Waals surface area contributed by atoms with Crippen LogP contribution in [0, 0.1) is 0 Å². The van der Waals surface area contributed by atoms with Crippen molar-refractivity contribution in [2.45, 2.75) is 6.54 Å². The second-order valence-corrected chi connectivity index (χ2v) is 7.22. The molecule has 3 aromatic heterocycles. The Morgan fingerprint density at radius 2 is 1.93 bits per heavy atom. The molecule has 0 radical (unpaired) electrons. The van der Waals surface area contributed by atoms with Crippen molar-refractivity contribution in [3.8, 4) is 17.2 Å². The van der Waals surface area contributed by atoms with E-state index in [2.05, 4.69) is 10.4 Å². The Kier molecular flexibility index (Phi) is 5.35. The maximum atomic E-state index is 12.5. The number of amides is 1. The normalized spacial score (nSPS) is 10.9. The predicted molar refractivity (Wildman–Crippen MR) is 112 cm³/mol. The summed E-state index contributed by atoms with van der Waals surface area (Å²) >= 11 is 12.0. The molecule has 4 rings (SSSR count). The van der Waals surface area contributed by atoms with Gasteiger partial charge in [-0.3, -0.25) is 19.8 Å². The van der Waals surface area contributed by atoms with Gasteiger partial charge in [-0.25, -0.2) is 9.47 Å². The highest BCUT2D eigenvalue weighted by molar-refractivity contribution is 6.35. The maximum Gasteiger partial charge on any atom is 0.350 e. The number of hydrogen-bond acceptors (Lipinski definition) is 5. The Labute approximate surface area is 179 Å². The van der Waals surface area contributed by atoms with Crippen LogP contribution >= 0.6 is 23.2 Å². The molecule has 2 N–H and O–H groups in total. The van der Waals surface area contributed by atoms with Crippen LogP contribution in [0.25, 0.3) is 11.3 Å². The highest BCUT2D eigenvalue weighted by atomic mass is 35.5. The molecule has 10 heteroatoms. The molecule has 0 saturated heterocycles. The minimum atomic E-state index is -0.671. The molecule has 1 aromatic carbocycles. The Morgan fingerprint density at radius 3 is 2.63 bits per heavy atom. The summed E-state index contributed by atoms with van der Waals surface area (Å²) < 4.78 is 7.54. The van der Waals surface area contributed by atoms with Crippen LogP contribution in [0.1, 0.15) is 16.1 Å². The summed E-state index contributed by atoms with van der Waals surface area (Å²) in [6.45, 7) is 0.0990. The van der Waals surface area contributed by atoms with Gasteiger partial charge in [0.25, 0.3) is 0 Å². The fourth-order valence-electron chi connectivity index (χ4n) is 2.85. The number of furan rings is 1. The van der Waals surface area contributed by atoms with Crippen molar-refractivity contribution in [2.24, 2.45) is 0 Å². The average molecular weight is 445 g/mol. The van der Waals surface area contributed by atoms with E-state index in [1.807, 2.05) is 0 Å². The van der Waals surface area contributed by atoms with E-state index in [4.69, 9.17) is 27.6 Å². The smallest absolute Gasteiger partial charge is 0.350 e. The first kappa shape index (κ1) is 19.8. The molecule has 0 spiro atoms. The number of benzene rings is 1. The quantitative estimate of drug-likeness (QED) is 0.487. The molecule has 0 atom stereocenters. The van der Waals surface area contributed by atoms with Gasteiger partial charge in [0, 0.05) is 28.0 Å². The second kappa shape index (κ2) is 8.10. The van der Waals surface area contributed by atoms with E-state index in [1.165, 1.54) is 6.07 Å². The van der Waals surface area contributed by atoms with Gasteiger partial charge < -0.3 is 9.52 Å². The van der Waals surface area contributed by atoms with E-state index < -0.39 is 11.6 Å². The minimum absolute atomic E-state index is 0.0347. The van der Waals surface area contributed by atoms with Crippen LogP contribution < -0.4 is 11.1 Å². The van der Waals surface area contributed by atoms with Crippen LogP contribution in [-0.4, -0.2) is 25.2 Å². The first-order chi connectivity index (χ1) is 14.4. The third kappa shape index (κ3) is 4.10. The van der Waals surface area contributed by atoms with Crippen molar-refractivity contribution in [3.63, 3.8) is 0 Å². The number of rotatable bonds is 5. The second-order valence-electron chi connectivity index (χ2n) is 6.35. The number of halogens is 2. The van der Waals surface area contributed by atoms with Crippen LogP contribution in [0.15, 0.2) is 70.3 Å². The van der Waals surface area contributed by atoms with Gasteiger partial charge in [-0.2, -0.15) is 0 Å². The predicted octanol–water partition coefficient (Wildman–Crippen LogP) is 3.75. The lowest BCUT2D eigenvalue weighted by atomic mass is 10.2. The molecule has 30 heavy (non-hydrogen) atoms. The number of pyridine rings is 1. The molecule has 0 aliphatic heterocycles. The fourth-order valence-corrected chi connectivity index (χ4v) is 3.37. The highest BCUT2D eigenvalue weighted by Crippen LogP contribution is 2.28. The molecule has 8 nitrogen and oxygen atoms in total. The summed E-state index contributed by atoms with van der Waals surface area (Å²) in [5, 5.41) is 10.9. The van der Waals surface area contributed by atoms with Crippen molar-refractivity contribution in [1.82, 2.24) is 14.2 Å². The summed E-state index contributed by atoms with van der Waals surface area (Å²) in [7, 11) is 0. The zero-order chi connectivity index (χ0) is 21.3. The molecule has 152 valence electrons. The fraction of sp³-hybridized carbons (Fsp3) is 0.0500. The average Bonchev–Trinajstić information content (AvgIpc) is 3.30. The topological polar surface area (TPSA) is 102 Å². The number of hydrogen-bond donors (Lipinski definition) is 2. The van der Waals surface area contributed by atoms with Gasteiger partial charge in [0.05, 0.1) is 12.7 Å². The summed E-state index contributed by atoms with van der Waals surface area (Å²) in [6.07, 6.45) is 4.29. The van der Waals surface area contributed by atoms with Gasteiger partial charge in [0.1, 0.15) is 5.76 Å². The van der Waals surface area contributed by atoms with Gasteiger partial charge in [-0.05, 0) is 42.0 Å². The van der Waals surface area contributed by atoms with Crippen molar-refractivity contribution >= 4 is 29.1 Å². The van der Waals surface area contributed by atoms with Crippen LogP contribution in [0.3, 0.4) is 0 Å². The zero-order valence-corrected chi connectivity index (χ0v) is 16.8. The summed E-state index contributed by atoms with van der Waals surface area (Å²) in [4.78, 5) is 29.0. The molecular weight excluding hydrogens is 431 g/mol. The third-order valence-electron chi connectivity index (χ3n) is 4.22. The maximum absolute atomic E-state index is 12.5. The lowest BCUT2D eigenvalue weighted by Gasteiger charge is -2.04. The molecule has 0 aliphatic carbocycles. The first-order valence-electron chi connectivity index (χ1n) is 8.68. The monoisotopic (exact) mass is 444 g/mol. The Hall–Kier alpha value is -3.49. The molecule has 4 aromatic rings. The Morgan fingerprint density at radius 1 is 1.17 bits per heavy atom. The number of imidazole rings is 1. The lowest BCUT2D eigenvalue weighted by molar-refractivity contribution is 0.0981. The molecular formula is C20H14Cl2N4O4. The molecule has 0 saturated carbocycles. The number of aromatic nitrogens is 3. The van der Waals surface area contributed by atoms with Crippen molar-refractivity contribution in [3.05, 3.63) is 92.9 Å². The van der Waals surface area contributed by atoms with E-state index in [9.17, 15) is 14.7 Å². The molecule has 1 amide bonds. The van der Waals surface area contributed by atoms with Crippen molar-refractivity contribution < 1.29 is 14.3 Å². The Bertz CT molecular complexity index is 1260. The lowest BCUT2D eigenvalue weighted by Crippen LogP contribution is -2.33. The highest BCUT2D eigenvalue weighted by Gasteiger charge is 2.17. The number of carbonyl (C=O) groups excluding carboxylic acids is 1.